The molecule has 0 atom stereocenters. The van der Waals surface area contributed by atoms with Gasteiger partial charge in [0.2, 0.25) is 0 Å². The molecule has 2 heterocycles. The lowest BCUT2D eigenvalue weighted by atomic mass is 10.0. The molecule has 0 radical (unpaired) electrons. The van der Waals surface area contributed by atoms with Crippen LogP contribution in [0.4, 0.5) is 13.2 Å². The topological polar surface area (TPSA) is 37.9 Å². The largest absolute Gasteiger partial charge is 0.489 e. The third-order valence-electron chi connectivity index (χ3n) is 4.69. The van der Waals surface area contributed by atoms with Crippen molar-refractivity contribution in [1.29, 1.82) is 5.26 Å². The molecule has 0 aliphatic carbocycles. The molecule has 6 heteroatoms. The van der Waals surface area contributed by atoms with E-state index in [2.05, 4.69) is 10.6 Å². The summed E-state index contributed by atoms with van der Waals surface area (Å²) in [6.45, 7) is 1.03. The number of nitrogens with zero attached hydrogens (tertiary/aromatic N) is 2. The summed E-state index contributed by atoms with van der Waals surface area (Å²) < 4.78 is 47.1. The van der Waals surface area contributed by atoms with Gasteiger partial charge in [-0.3, -0.25) is 0 Å². The van der Waals surface area contributed by atoms with Crippen LogP contribution in [0.25, 0.3) is 10.9 Å². The molecule has 2 aromatic carbocycles. The molecule has 26 heavy (non-hydrogen) atoms. The van der Waals surface area contributed by atoms with Gasteiger partial charge in [0.05, 0.1) is 17.2 Å². The first-order valence-electron chi connectivity index (χ1n) is 8.31. The number of halogens is 3. The molecule has 0 saturated carbocycles. The summed E-state index contributed by atoms with van der Waals surface area (Å²) in [5.74, 6) is 0.611. The van der Waals surface area contributed by atoms with Crippen molar-refractivity contribution in [3.05, 3.63) is 64.8 Å². The fraction of sp³-hybridized carbons (Fsp3) is 0.250. The Morgan fingerprint density at radius 1 is 1.12 bits per heavy atom. The quantitative estimate of drug-likeness (QED) is 0.658. The highest BCUT2D eigenvalue weighted by Crippen LogP contribution is 2.33. The van der Waals surface area contributed by atoms with Crippen LogP contribution in [0.3, 0.4) is 0 Å². The number of nitriles is 1. The Bertz CT molecular complexity index is 1030. The minimum atomic E-state index is -4.56. The van der Waals surface area contributed by atoms with E-state index in [0.29, 0.717) is 11.3 Å². The molecule has 4 rings (SSSR count). The van der Waals surface area contributed by atoms with Crippen LogP contribution in [0.2, 0.25) is 0 Å². The van der Waals surface area contributed by atoms with Crippen molar-refractivity contribution in [3.8, 4) is 11.8 Å². The predicted molar refractivity (Wildman–Crippen MR) is 90.8 cm³/mol. The number of hydrogen-bond acceptors (Lipinski definition) is 2. The maximum atomic E-state index is 13.0. The lowest BCUT2D eigenvalue weighted by molar-refractivity contribution is -0.137. The van der Waals surface area contributed by atoms with Gasteiger partial charge in [-0.15, -0.1) is 0 Å². The minimum absolute atomic E-state index is 0.00780. The minimum Gasteiger partial charge on any atom is -0.489 e. The molecule has 0 unspecified atom stereocenters. The van der Waals surface area contributed by atoms with E-state index >= 15 is 0 Å². The maximum Gasteiger partial charge on any atom is 0.417 e. The van der Waals surface area contributed by atoms with Gasteiger partial charge in [-0.05, 0) is 54.8 Å². The SMILES string of the molecule is N#Cc1ccc(COc2ccc3c(c2)cc2n3CCC2)cc1C(F)(F)F. The van der Waals surface area contributed by atoms with Gasteiger partial charge in [-0.1, -0.05) is 6.07 Å². The zero-order valence-electron chi connectivity index (χ0n) is 13.8. The average molecular weight is 356 g/mol. The lowest BCUT2D eigenvalue weighted by Gasteiger charge is -2.12. The normalized spacial score (nSPS) is 13.6. The van der Waals surface area contributed by atoms with E-state index in [1.54, 1.807) is 6.07 Å². The number of hydrogen-bond donors (Lipinski definition) is 0. The highest BCUT2D eigenvalue weighted by Gasteiger charge is 2.33. The van der Waals surface area contributed by atoms with Crippen LogP contribution in [0.15, 0.2) is 42.5 Å². The third kappa shape index (κ3) is 2.90. The smallest absolute Gasteiger partial charge is 0.417 e. The van der Waals surface area contributed by atoms with Gasteiger partial charge in [0, 0.05) is 23.1 Å². The van der Waals surface area contributed by atoms with Crippen molar-refractivity contribution in [2.75, 3.05) is 0 Å². The van der Waals surface area contributed by atoms with Gasteiger partial charge in [0.25, 0.3) is 0 Å². The summed E-state index contributed by atoms with van der Waals surface area (Å²) in [6.07, 6.45) is -2.34. The first-order chi connectivity index (χ1) is 12.5. The zero-order valence-corrected chi connectivity index (χ0v) is 13.8. The van der Waals surface area contributed by atoms with Crippen molar-refractivity contribution >= 4 is 10.9 Å². The number of fused-ring (bicyclic) bond motifs is 3. The Kier molecular flexibility index (Phi) is 3.87. The van der Waals surface area contributed by atoms with Gasteiger partial charge < -0.3 is 9.30 Å². The summed E-state index contributed by atoms with van der Waals surface area (Å²) in [5.41, 5.74) is 1.52. The number of rotatable bonds is 3. The number of aryl methyl sites for hydroxylation is 2. The average Bonchev–Trinajstić information content (AvgIpc) is 3.19. The van der Waals surface area contributed by atoms with E-state index in [1.807, 2.05) is 18.2 Å². The summed E-state index contributed by atoms with van der Waals surface area (Å²) in [6, 6.07) is 13.1. The first kappa shape index (κ1) is 16.5. The van der Waals surface area contributed by atoms with Crippen molar-refractivity contribution in [3.63, 3.8) is 0 Å². The Morgan fingerprint density at radius 3 is 2.73 bits per heavy atom. The molecule has 0 fully saturated rings. The van der Waals surface area contributed by atoms with Gasteiger partial charge in [-0.2, -0.15) is 18.4 Å². The van der Waals surface area contributed by atoms with Crippen molar-refractivity contribution in [2.24, 2.45) is 0 Å². The maximum absolute atomic E-state index is 13.0. The first-order valence-corrected chi connectivity index (χ1v) is 8.31. The van der Waals surface area contributed by atoms with Crippen LogP contribution >= 0.6 is 0 Å². The van der Waals surface area contributed by atoms with Crippen LogP contribution < -0.4 is 4.74 Å². The second kappa shape index (κ2) is 6.10. The summed E-state index contributed by atoms with van der Waals surface area (Å²) >= 11 is 0. The number of benzene rings is 2. The van der Waals surface area contributed by atoms with Crippen LogP contribution in [-0.4, -0.2) is 4.57 Å². The van der Waals surface area contributed by atoms with E-state index in [-0.39, 0.29) is 12.2 Å². The van der Waals surface area contributed by atoms with Gasteiger partial charge in [-0.25, -0.2) is 0 Å². The predicted octanol–water partition coefficient (Wildman–Crippen LogP) is 5.06. The molecule has 3 aromatic rings. The van der Waals surface area contributed by atoms with Gasteiger partial charge >= 0.3 is 6.18 Å². The molecule has 1 aromatic heterocycles. The highest BCUT2D eigenvalue weighted by molar-refractivity contribution is 5.83. The van der Waals surface area contributed by atoms with Crippen LogP contribution in [0, 0.1) is 11.3 Å². The van der Waals surface area contributed by atoms with E-state index in [1.165, 1.54) is 17.8 Å². The number of aromatic nitrogens is 1. The van der Waals surface area contributed by atoms with Crippen LogP contribution in [-0.2, 0) is 25.7 Å². The van der Waals surface area contributed by atoms with E-state index in [0.717, 1.165) is 36.4 Å². The molecular weight excluding hydrogens is 341 g/mol. The second-order valence-electron chi connectivity index (χ2n) is 6.39. The lowest BCUT2D eigenvalue weighted by Crippen LogP contribution is -2.09. The highest BCUT2D eigenvalue weighted by atomic mass is 19.4. The number of alkyl halides is 3. The van der Waals surface area contributed by atoms with Crippen molar-refractivity contribution in [2.45, 2.75) is 32.2 Å². The van der Waals surface area contributed by atoms with E-state index in [4.69, 9.17) is 10.00 Å². The number of ether oxygens (including phenoxy) is 1. The van der Waals surface area contributed by atoms with Crippen LogP contribution in [0.5, 0.6) is 5.75 Å². The molecule has 132 valence electrons. The molecule has 0 bridgehead atoms. The summed E-state index contributed by atoms with van der Waals surface area (Å²) in [5, 5.41) is 9.92. The Morgan fingerprint density at radius 2 is 1.96 bits per heavy atom. The summed E-state index contributed by atoms with van der Waals surface area (Å²) in [4.78, 5) is 0. The zero-order chi connectivity index (χ0) is 18.3. The molecule has 3 nitrogen and oxygen atoms in total. The summed E-state index contributed by atoms with van der Waals surface area (Å²) in [7, 11) is 0. The second-order valence-corrected chi connectivity index (χ2v) is 6.39. The van der Waals surface area contributed by atoms with E-state index < -0.39 is 11.7 Å². The Labute approximate surface area is 148 Å². The molecule has 0 N–H and O–H groups in total. The Hall–Kier alpha value is -2.94. The fourth-order valence-corrected chi connectivity index (χ4v) is 3.47. The molecule has 1 aliphatic heterocycles. The van der Waals surface area contributed by atoms with E-state index in [9.17, 15) is 13.2 Å². The van der Waals surface area contributed by atoms with Crippen molar-refractivity contribution < 1.29 is 17.9 Å². The van der Waals surface area contributed by atoms with Crippen LogP contribution in [0.1, 0.15) is 28.8 Å². The van der Waals surface area contributed by atoms with Crippen molar-refractivity contribution in [1.82, 2.24) is 4.57 Å². The molecule has 0 saturated heterocycles. The molecular formula is C20H15F3N2O. The monoisotopic (exact) mass is 356 g/mol. The fourth-order valence-electron chi connectivity index (χ4n) is 3.47. The standard InChI is InChI=1S/C20H15F3N2O/c21-20(22,23)18-8-13(3-4-14(18)11-24)12-26-17-5-6-19-15(10-17)9-16-2-1-7-25(16)19/h3-6,8-10H,1-2,7,12H2. The molecule has 0 spiro atoms. The van der Waals surface area contributed by atoms with Gasteiger partial charge in [0.15, 0.2) is 0 Å². The molecule has 0 amide bonds. The molecule has 1 aliphatic rings. The third-order valence-corrected chi connectivity index (χ3v) is 4.69. The van der Waals surface area contributed by atoms with Gasteiger partial charge in [0.1, 0.15) is 12.4 Å². The Balaban J connectivity index is 1.56.